The van der Waals surface area contributed by atoms with E-state index in [1.165, 1.54) is 10.9 Å². The molecule has 2 heterocycles. The number of amides is 1. The number of benzene rings is 2. The van der Waals surface area contributed by atoms with E-state index in [2.05, 4.69) is 31.0 Å². The van der Waals surface area contributed by atoms with E-state index in [1.54, 1.807) is 29.7 Å². The Kier molecular flexibility index (Phi) is 7.81. The van der Waals surface area contributed by atoms with Crippen molar-refractivity contribution < 1.29 is 14.5 Å². The van der Waals surface area contributed by atoms with Crippen molar-refractivity contribution in [2.24, 2.45) is 16.3 Å². The van der Waals surface area contributed by atoms with Crippen molar-refractivity contribution in [3.05, 3.63) is 80.2 Å². The lowest BCUT2D eigenvalue weighted by Crippen LogP contribution is -2.36. The van der Waals surface area contributed by atoms with Gasteiger partial charge in [-0.3, -0.25) is 14.9 Å². The minimum atomic E-state index is -0.393. The smallest absolute Gasteiger partial charge is 0.270 e. The van der Waals surface area contributed by atoms with Crippen LogP contribution in [0.15, 0.2) is 53.5 Å². The lowest BCUT2D eigenvalue weighted by molar-refractivity contribution is -0.384. The molecule has 1 amide bonds. The molecule has 204 valence electrons. The number of thiophene rings is 1. The normalized spacial score (nSPS) is 17.7. The zero-order valence-electron chi connectivity index (χ0n) is 22.6. The van der Waals surface area contributed by atoms with Crippen molar-refractivity contribution >= 4 is 45.5 Å². The van der Waals surface area contributed by atoms with Gasteiger partial charge in [-0.2, -0.15) is 0 Å². The van der Waals surface area contributed by atoms with Gasteiger partial charge in [-0.25, -0.2) is 4.99 Å². The summed E-state index contributed by atoms with van der Waals surface area (Å²) in [5.74, 6) is 0.350. The number of morpholine rings is 1. The number of hydrogen-bond donors (Lipinski definition) is 1. The predicted octanol–water partition coefficient (Wildman–Crippen LogP) is 6.65. The molecular formula is C30H34N4O4S. The van der Waals surface area contributed by atoms with Crippen molar-refractivity contribution in [3.8, 4) is 0 Å². The van der Waals surface area contributed by atoms with Crippen LogP contribution in [-0.2, 0) is 17.6 Å². The minimum absolute atomic E-state index is 0.00833. The number of nitrogens with one attached hydrogen (secondary N) is 1. The van der Waals surface area contributed by atoms with Crippen molar-refractivity contribution in [2.75, 3.05) is 36.5 Å². The Labute approximate surface area is 232 Å². The van der Waals surface area contributed by atoms with Crippen LogP contribution in [0, 0.1) is 21.4 Å². The Morgan fingerprint density at radius 3 is 2.62 bits per heavy atom. The largest absolute Gasteiger partial charge is 0.378 e. The lowest BCUT2D eigenvalue weighted by Gasteiger charge is -2.33. The van der Waals surface area contributed by atoms with Crippen LogP contribution in [0.25, 0.3) is 0 Å². The fraction of sp³-hybridized carbons (Fsp3) is 0.400. The summed E-state index contributed by atoms with van der Waals surface area (Å²) in [5, 5.41) is 15.2. The van der Waals surface area contributed by atoms with Crippen LogP contribution in [0.1, 0.15) is 53.6 Å². The maximum atomic E-state index is 13.6. The number of non-ortho nitro benzene ring substituents is 1. The number of aliphatic imine (C=N–C) groups is 1. The fourth-order valence-electron chi connectivity index (χ4n) is 5.33. The molecule has 0 unspecified atom stereocenters. The van der Waals surface area contributed by atoms with Gasteiger partial charge in [0.1, 0.15) is 5.00 Å². The number of nitro benzene ring substituents is 1. The molecule has 0 saturated carbocycles. The average molecular weight is 547 g/mol. The van der Waals surface area contributed by atoms with Crippen LogP contribution in [-0.4, -0.2) is 43.3 Å². The molecule has 3 aromatic rings. The summed E-state index contributed by atoms with van der Waals surface area (Å²) in [7, 11) is 0. The third-order valence-corrected chi connectivity index (χ3v) is 8.79. The molecule has 0 radical (unpaired) electrons. The number of nitrogens with zero attached hydrogens (tertiary/aromatic N) is 3. The number of fused-ring (bicyclic) bond motifs is 1. The number of nitro groups is 1. The molecule has 5 rings (SSSR count). The van der Waals surface area contributed by atoms with E-state index in [-0.39, 0.29) is 17.0 Å². The van der Waals surface area contributed by atoms with Gasteiger partial charge < -0.3 is 15.0 Å². The summed E-state index contributed by atoms with van der Waals surface area (Å²) >= 11 is 1.57. The molecule has 1 fully saturated rings. The van der Waals surface area contributed by atoms with Crippen LogP contribution < -0.4 is 10.2 Å². The van der Waals surface area contributed by atoms with Crippen molar-refractivity contribution in [2.45, 2.75) is 40.0 Å². The Bertz CT molecular complexity index is 1390. The summed E-state index contributed by atoms with van der Waals surface area (Å²) in [6, 6.07) is 14.3. The number of carbonyl (C=O) groups is 1. The zero-order chi connectivity index (χ0) is 27.6. The maximum absolute atomic E-state index is 13.6. The molecule has 1 aromatic heterocycles. The number of hydrogen-bond acceptors (Lipinski definition) is 7. The molecule has 0 spiro atoms. The van der Waals surface area contributed by atoms with E-state index in [0.29, 0.717) is 48.3 Å². The molecule has 1 aliphatic heterocycles. The first-order valence-corrected chi connectivity index (χ1v) is 14.2. The summed E-state index contributed by atoms with van der Waals surface area (Å²) in [6.07, 6.45) is 4.45. The summed E-state index contributed by atoms with van der Waals surface area (Å²) in [5.41, 5.74) is 4.13. The van der Waals surface area contributed by atoms with Gasteiger partial charge in [0.2, 0.25) is 0 Å². The molecule has 1 atom stereocenters. The molecule has 2 aromatic carbocycles. The van der Waals surface area contributed by atoms with Crippen LogP contribution >= 0.6 is 11.3 Å². The third kappa shape index (κ3) is 6.04. The molecule has 2 aliphatic rings. The molecule has 39 heavy (non-hydrogen) atoms. The zero-order valence-corrected chi connectivity index (χ0v) is 23.4. The van der Waals surface area contributed by atoms with E-state index in [4.69, 9.17) is 9.73 Å². The summed E-state index contributed by atoms with van der Waals surface area (Å²) in [4.78, 5) is 33.0. The van der Waals surface area contributed by atoms with Crippen molar-refractivity contribution in [1.82, 2.24) is 0 Å². The second-order valence-corrected chi connectivity index (χ2v) is 12.3. The van der Waals surface area contributed by atoms with Gasteiger partial charge in [0.25, 0.3) is 11.6 Å². The van der Waals surface area contributed by atoms with E-state index in [1.807, 2.05) is 30.3 Å². The second-order valence-electron chi connectivity index (χ2n) is 11.2. The van der Waals surface area contributed by atoms with Crippen LogP contribution in [0.5, 0.6) is 0 Å². The van der Waals surface area contributed by atoms with Gasteiger partial charge in [-0.15, -0.1) is 11.3 Å². The molecule has 1 aliphatic carbocycles. The van der Waals surface area contributed by atoms with E-state index in [9.17, 15) is 14.9 Å². The highest BCUT2D eigenvalue weighted by Crippen LogP contribution is 2.45. The van der Waals surface area contributed by atoms with Gasteiger partial charge in [-0.05, 0) is 54.4 Å². The van der Waals surface area contributed by atoms with Crippen LogP contribution in [0.4, 0.5) is 22.1 Å². The Hall–Kier alpha value is -3.56. The van der Waals surface area contributed by atoms with Crippen molar-refractivity contribution in [1.29, 1.82) is 0 Å². The Morgan fingerprint density at radius 2 is 1.92 bits per heavy atom. The molecule has 1 saturated heterocycles. The number of para-hydroxylation sites is 1. The highest BCUT2D eigenvalue weighted by molar-refractivity contribution is 7.16. The van der Waals surface area contributed by atoms with Gasteiger partial charge in [0.15, 0.2) is 0 Å². The predicted molar refractivity (Wildman–Crippen MR) is 157 cm³/mol. The third-order valence-electron chi connectivity index (χ3n) is 7.62. The monoisotopic (exact) mass is 546 g/mol. The van der Waals surface area contributed by atoms with E-state index >= 15 is 0 Å². The SMILES string of the molecule is CC(C)(C)[C@H]1CCc2c(sc(N=Cc3cc([N+](=O)[O-])ccc3N3CCOCC3)c2C(=O)Nc2ccccc2)C1. The molecule has 8 nitrogen and oxygen atoms in total. The number of carbonyl (C=O) groups excluding carboxylic acids is 1. The van der Waals surface area contributed by atoms with Crippen LogP contribution in [0.3, 0.4) is 0 Å². The highest BCUT2D eigenvalue weighted by atomic mass is 32.1. The standard InChI is InChI=1S/C30H34N4O4S/c1-30(2,3)21-9-11-24-26(18-21)39-29(27(24)28(35)32-22-7-5-4-6-8-22)31-19-20-17-23(34(36)37)10-12-25(20)33-13-15-38-16-14-33/h4-8,10,12,17,19,21H,9,11,13-16,18H2,1-3H3,(H,32,35)/t21-/m0/s1. The number of ether oxygens (including phenoxy) is 1. The van der Waals surface area contributed by atoms with E-state index < -0.39 is 4.92 Å². The summed E-state index contributed by atoms with van der Waals surface area (Å²) < 4.78 is 5.50. The van der Waals surface area contributed by atoms with E-state index in [0.717, 1.165) is 36.2 Å². The first kappa shape index (κ1) is 27.0. The molecule has 9 heteroatoms. The van der Waals surface area contributed by atoms with Gasteiger partial charge in [-0.1, -0.05) is 39.0 Å². The van der Waals surface area contributed by atoms with Crippen LogP contribution in [0.2, 0.25) is 0 Å². The van der Waals surface area contributed by atoms with Gasteiger partial charge >= 0.3 is 0 Å². The molecule has 1 N–H and O–H groups in total. The Balaban J connectivity index is 1.54. The summed E-state index contributed by atoms with van der Waals surface area (Å²) in [6.45, 7) is 9.42. The highest BCUT2D eigenvalue weighted by Gasteiger charge is 2.33. The maximum Gasteiger partial charge on any atom is 0.270 e. The first-order chi connectivity index (χ1) is 18.7. The molecular weight excluding hydrogens is 512 g/mol. The first-order valence-electron chi connectivity index (χ1n) is 13.4. The number of rotatable bonds is 6. The topological polar surface area (TPSA) is 97.1 Å². The Morgan fingerprint density at radius 1 is 1.18 bits per heavy atom. The van der Waals surface area contributed by atoms with Gasteiger partial charge in [0, 0.05) is 53.3 Å². The van der Waals surface area contributed by atoms with Gasteiger partial charge in [0.05, 0.1) is 23.7 Å². The average Bonchev–Trinajstić information content (AvgIpc) is 3.30. The lowest BCUT2D eigenvalue weighted by atomic mass is 9.72. The van der Waals surface area contributed by atoms with Crippen molar-refractivity contribution in [3.63, 3.8) is 0 Å². The minimum Gasteiger partial charge on any atom is -0.378 e. The number of anilines is 2. The quantitative estimate of drug-likeness (QED) is 0.212. The second kappa shape index (κ2) is 11.3. The molecule has 0 bridgehead atoms. The fourth-order valence-corrected chi connectivity index (χ4v) is 6.60.